The summed E-state index contributed by atoms with van der Waals surface area (Å²) in [5.41, 5.74) is 3.87. The van der Waals surface area contributed by atoms with Gasteiger partial charge in [0.05, 0.1) is 12.8 Å². The number of hydrogen-bond acceptors (Lipinski definition) is 3. The van der Waals surface area contributed by atoms with Crippen molar-refractivity contribution in [2.75, 3.05) is 7.11 Å². The van der Waals surface area contributed by atoms with Gasteiger partial charge < -0.3 is 4.74 Å². The van der Waals surface area contributed by atoms with Gasteiger partial charge >= 0.3 is 0 Å². The van der Waals surface area contributed by atoms with Crippen LogP contribution < -0.4 is 10.3 Å². The minimum Gasteiger partial charge on any atom is -0.497 e. The van der Waals surface area contributed by atoms with Crippen molar-refractivity contribution in [3.05, 3.63) is 45.7 Å². The highest BCUT2D eigenvalue weighted by atomic mass is 16.5. The first-order chi connectivity index (χ1) is 8.79. The van der Waals surface area contributed by atoms with Crippen molar-refractivity contribution in [3.8, 4) is 17.0 Å². The van der Waals surface area contributed by atoms with Crippen LogP contribution in [0.4, 0.5) is 0 Å². The molecule has 0 saturated carbocycles. The molecule has 0 saturated heterocycles. The molecule has 0 bridgehead atoms. The Hall–Kier alpha value is -2.10. The highest BCUT2D eigenvalue weighted by Crippen LogP contribution is 2.29. The molecule has 1 heterocycles. The predicted octanol–water partition coefficient (Wildman–Crippen LogP) is 1.93. The van der Waals surface area contributed by atoms with Gasteiger partial charge in [-0.15, -0.1) is 0 Å². The van der Waals surface area contributed by atoms with Crippen molar-refractivity contribution in [1.82, 2.24) is 10.2 Å². The van der Waals surface area contributed by atoms with Gasteiger partial charge in [-0.1, -0.05) is 0 Å². The van der Waals surface area contributed by atoms with Crippen LogP contribution in [-0.2, 0) is 12.8 Å². The van der Waals surface area contributed by atoms with Crippen LogP contribution in [-0.4, -0.2) is 17.3 Å². The van der Waals surface area contributed by atoms with E-state index in [-0.39, 0.29) is 5.56 Å². The SMILES string of the molecule is COc1ccc(-c2n[nH]c(=O)c3c2CCC3)cc1. The van der Waals surface area contributed by atoms with Gasteiger partial charge in [0.25, 0.3) is 5.56 Å². The Morgan fingerprint density at radius 1 is 1.17 bits per heavy atom. The standard InChI is InChI=1S/C14H14N2O2/c1-18-10-7-5-9(6-8-10)13-11-3-2-4-12(11)14(17)16-15-13/h5-8H,2-4H2,1H3,(H,16,17). The minimum absolute atomic E-state index is 0.0419. The van der Waals surface area contributed by atoms with E-state index in [1.54, 1.807) is 7.11 Å². The molecular weight excluding hydrogens is 228 g/mol. The molecule has 0 amide bonds. The lowest BCUT2D eigenvalue weighted by molar-refractivity contribution is 0.415. The zero-order valence-corrected chi connectivity index (χ0v) is 10.2. The second-order valence-corrected chi connectivity index (χ2v) is 4.44. The largest absolute Gasteiger partial charge is 0.497 e. The number of aromatic nitrogens is 2. The number of aromatic amines is 1. The number of nitrogens with zero attached hydrogens (tertiary/aromatic N) is 1. The third-order valence-electron chi connectivity index (χ3n) is 3.41. The maximum absolute atomic E-state index is 11.7. The second kappa shape index (κ2) is 4.29. The van der Waals surface area contributed by atoms with E-state index in [0.717, 1.165) is 47.4 Å². The maximum Gasteiger partial charge on any atom is 0.267 e. The fraction of sp³-hybridized carbons (Fsp3) is 0.286. The Labute approximate surface area is 105 Å². The van der Waals surface area contributed by atoms with Crippen LogP contribution in [0.1, 0.15) is 17.5 Å². The number of methoxy groups -OCH3 is 1. The van der Waals surface area contributed by atoms with E-state index in [4.69, 9.17) is 4.74 Å². The molecule has 1 aromatic heterocycles. The van der Waals surface area contributed by atoms with Gasteiger partial charge in [0.2, 0.25) is 0 Å². The van der Waals surface area contributed by atoms with Crippen molar-refractivity contribution in [3.63, 3.8) is 0 Å². The Balaban J connectivity index is 2.12. The number of benzene rings is 1. The van der Waals surface area contributed by atoms with E-state index >= 15 is 0 Å². The molecule has 1 aliphatic rings. The molecule has 0 atom stereocenters. The normalized spacial score (nSPS) is 13.4. The maximum atomic E-state index is 11.7. The topological polar surface area (TPSA) is 55.0 Å². The van der Waals surface area contributed by atoms with Crippen LogP contribution in [0.15, 0.2) is 29.1 Å². The van der Waals surface area contributed by atoms with Gasteiger partial charge in [-0.2, -0.15) is 5.10 Å². The van der Waals surface area contributed by atoms with Crippen molar-refractivity contribution < 1.29 is 4.74 Å². The van der Waals surface area contributed by atoms with E-state index < -0.39 is 0 Å². The van der Waals surface area contributed by atoms with Crippen LogP contribution in [0.5, 0.6) is 5.75 Å². The van der Waals surface area contributed by atoms with E-state index in [2.05, 4.69) is 10.2 Å². The highest BCUT2D eigenvalue weighted by Gasteiger charge is 2.20. The Kier molecular flexibility index (Phi) is 2.63. The molecule has 1 aromatic carbocycles. The Bertz CT molecular complexity index is 629. The number of fused-ring (bicyclic) bond motifs is 1. The number of rotatable bonds is 2. The molecule has 4 nitrogen and oxygen atoms in total. The van der Waals surface area contributed by atoms with Gasteiger partial charge in [0, 0.05) is 11.1 Å². The van der Waals surface area contributed by atoms with Crippen molar-refractivity contribution in [1.29, 1.82) is 0 Å². The molecule has 4 heteroatoms. The first-order valence-corrected chi connectivity index (χ1v) is 6.04. The van der Waals surface area contributed by atoms with Crippen molar-refractivity contribution >= 4 is 0 Å². The van der Waals surface area contributed by atoms with E-state index in [1.165, 1.54) is 0 Å². The van der Waals surface area contributed by atoms with Gasteiger partial charge in [-0.25, -0.2) is 5.10 Å². The van der Waals surface area contributed by atoms with Gasteiger partial charge in [-0.3, -0.25) is 4.79 Å². The van der Waals surface area contributed by atoms with Crippen LogP contribution in [0.3, 0.4) is 0 Å². The molecule has 2 aromatic rings. The zero-order chi connectivity index (χ0) is 12.5. The number of hydrogen-bond donors (Lipinski definition) is 1. The van der Waals surface area contributed by atoms with E-state index in [1.807, 2.05) is 24.3 Å². The number of nitrogens with one attached hydrogen (secondary N) is 1. The summed E-state index contributed by atoms with van der Waals surface area (Å²) in [6, 6.07) is 7.75. The molecule has 0 unspecified atom stereocenters. The molecular formula is C14H14N2O2. The van der Waals surface area contributed by atoms with E-state index in [0.29, 0.717) is 0 Å². The average Bonchev–Trinajstić information content (AvgIpc) is 2.90. The molecule has 3 rings (SSSR count). The smallest absolute Gasteiger partial charge is 0.267 e. The predicted molar refractivity (Wildman–Crippen MR) is 68.9 cm³/mol. The fourth-order valence-corrected chi connectivity index (χ4v) is 2.48. The number of ether oxygens (including phenoxy) is 1. The number of H-pyrrole nitrogens is 1. The highest BCUT2D eigenvalue weighted by molar-refractivity contribution is 5.65. The lowest BCUT2D eigenvalue weighted by Crippen LogP contribution is -2.15. The quantitative estimate of drug-likeness (QED) is 0.875. The van der Waals surface area contributed by atoms with Gasteiger partial charge in [0.15, 0.2) is 0 Å². The Morgan fingerprint density at radius 2 is 1.89 bits per heavy atom. The average molecular weight is 242 g/mol. The van der Waals surface area contributed by atoms with Crippen LogP contribution in [0.2, 0.25) is 0 Å². The molecule has 0 spiro atoms. The summed E-state index contributed by atoms with van der Waals surface area (Å²) in [6.45, 7) is 0. The lowest BCUT2D eigenvalue weighted by atomic mass is 10.0. The first kappa shape index (κ1) is 11.0. The molecule has 1 aliphatic carbocycles. The minimum atomic E-state index is -0.0419. The summed E-state index contributed by atoms with van der Waals surface area (Å²) < 4.78 is 5.14. The van der Waals surface area contributed by atoms with E-state index in [9.17, 15) is 4.79 Å². The van der Waals surface area contributed by atoms with Crippen molar-refractivity contribution in [2.45, 2.75) is 19.3 Å². The van der Waals surface area contributed by atoms with Crippen LogP contribution in [0, 0.1) is 0 Å². The fourth-order valence-electron chi connectivity index (χ4n) is 2.48. The third kappa shape index (κ3) is 1.70. The van der Waals surface area contributed by atoms with Crippen molar-refractivity contribution in [2.24, 2.45) is 0 Å². The van der Waals surface area contributed by atoms with Crippen LogP contribution in [0.25, 0.3) is 11.3 Å². The molecule has 0 aliphatic heterocycles. The zero-order valence-electron chi connectivity index (χ0n) is 10.2. The third-order valence-corrected chi connectivity index (χ3v) is 3.41. The lowest BCUT2D eigenvalue weighted by Gasteiger charge is -2.07. The first-order valence-electron chi connectivity index (χ1n) is 6.04. The second-order valence-electron chi connectivity index (χ2n) is 4.44. The summed E-state index contributed by atoms with van der Waals surface area (Å²) in [7, 11) is 1.64. The molecule has 0 fully saturated rings. The monoisotopic (exact) mass is 242 g/mol. The van der Waals surface area contributed by atoms with Gasteiger partial charge in [0.1, 0.15) is 5.75 Å². The summed E-state index contributed by atoms with van der Waals surface area (Å²) in [4.78, 5) is 11.7. The molecule has 1 N–H and O–H groups in total. The molecule has 92 valence electrons. The van der Waals surface area contributed by atoms with Gasteiger partial charge in [-0.05, 0) is 49.1 Å². The summed E-state index contributed by atoms with van der Waals surface area (Å²) in [5.74, 6) is 0.819. The Morgan fingerprint density at radius 3 is 2.61 bits per heavy atom. The molecule has 0 radical (unpaired) electrons. The molecule has 18 heavy (non-hydrogen) atoms. The van der Waals surface area contributed by atoms with Crippen LogP contribution >= 0.6 is 0 Å². The summed E-state index contributed by atoms with van der Waals surface area (Å²) >= 11 is 0. The summed E-state index contributed by atoms with van der Waals surface area (Å²) in [5, 5.41) is 6.79. The summed E-state index contributed by atoms with van der Waals surface area (Å²) in [6.07, 6.45) is 2.83.